The van der Waals surface area contributed by atoms with Gasteiger partial charge in [-0.25, -0.2) is 4.79 Å². The maximum Gasteiger partial charge on any atom is 0.410 e. The van der Waals surface area contributed by atoms with Crippen LogP contribution in [-0.4, -0.2) is 62.4 Å². The third-order valence-electron chi connectivity index (χ3n) is 5.60. The second-order valence-electron chi connectivity index (χ2n) is 9.89. The number of anilines is 1. The second kappa shape index (κ2) is 10.4. The number of ether oxygens (including phenoxy) is 3. The number of hydrogen-bond acceptors (Lipinski definition) is 8. The zero-order chi connectivity index (χ0) is 24.2. The van der Waals surface area contributed by atoms with Gasteiger partial charge in [0.25, 0.3) is 6.01 Å². The monoisotopic (exact) mass is 462 g/mol. The third-order valence-corrected chi connectivity index (χ3v) is 5.60. The molecule has 33 heavy (non-hydrogen) atoms. The van der Waals surface area contributed by atoms with Gasteiger partial charge in [0, 0.05) is 19.6 Å². The first-order chi connectivity index (χ1) is 15.6. The van der Waals surface area contributed by atoms with Crippen LogP contribution in [0.15, 0.2) is 0 Å². The van der Waals surface area contributed by atoms with E-state index in [9.17, 15) is 4.79 Å². The van der Waals surface area contributed by atoms with Crippen LogP contribution in [0, 0.1) is 5.92 Å². The Morgan fingerprint density at radius 2 is 1.85 bits per heavy atom. The molecule has 0 bridgehead atoms. The molecule has 0 aromatic carbocycles. The summed E-state index contributed by atoms with van der Waals surface area (Å²) >= 11 is 0. The van der Waals surface area contributed by atoms with Crippen LogP contribution in [0.4, 0.5) is 10.6 Å². The van der Waals surface area contributed by atoms with Crippen LogP contribution in [-0.2, 0) is 11.3 Å². The first-order valence-electron chi connectivity index (χ1n) is 11.8. The number of aryl methyl sites for hydroxylation is 1. The predicted molar refractivity (Wildman–Crippen MR) is 126 cm³/mol. The molecule has 0 radical (unpaired) electrons. The molecule has 3 rings (SSSR count). The Bertz CT molecular complexity index is 945. The number of piperidine rings is 1. The summed E-state index contributed by atoms with van der Waals surface area (Å²) in [6, 6.07) is 0.717. The fourth-order valence-corrected chi connectivity index (χ4v) is 4.04. The molecule has 0 spiro atoms. The molecule has 1 aliphatic rings. The highest BCUT2D eigenvalue weighted by Gasteiger charge is 2.26. The molecule has 0 saturated carbocycles. The Morgan fingerprint density at radius 1 is 1.15 bits per heavy atom. The largest absolute Gasteiger partial charge is 0.468 e. The van der Waals surface area contributed by atoms with Crippen LogP contribution in [0.3, 0.4) is 0 Å². The number of imidazole rings is 1. The number of nitrogen functional groups attached to an aromatic ring is 1. The van der Waals surface area contributed by atoms with Crippen LogP contribution in [0.2, 0.25) is 0 Å². The quantitative estimate of drug-likeness (QED) is 0.585. The Morgan fingerprint density at radius 3 is 2.45 bits per heavy atom. The minimum atomic E-state index is -0.455. The van der Waals surface area contributed by atoms with Gasteiger partial charge in [-0.3, -0.25) is 4.57 Å². The van der Waals surface area contributed by atoms with Crippen molar-refractivity contribution >= 4 is 23.1 Å². The summed E-state index contributed by atoms with van der Waals surface area (Å²) in [6.07, 6.45) is 4.90. The maximum atomic E-state index is 12.2. The number of aromatic nitrogens is 4. The summed E-state index contributed by atoms with van der Waals surface area (Å²) in [6.45, 7) is 11.8. The van der Waals surface area contributed by atoms with Crippen molar-refractivity contribution in [3.05, 3.63) is 0 Å². The summed E-state index contributed by atoms with van der Waals surface area (Å²) in [5.74, 6) is 0.901. The van der Waals surface area contributed by atoms with Crippen molar-refractivity contribution < 1.29 is 19.0 Å². The van der Waals surface area contributed by atoms with E-state index in [0.717, 1.165) is 45.2 Å². The first kappa shape index (κ1) is 24.9. The van der Waals surface area contributed by atoms with Crippen LogP contribution in [0.25, 0.3) is 11.2 Å². The minimum absolute atomic E-state index is 0.0538. The van der Waals surface area contributed by atoms with E-state index in [1.165, 1.54) is 0 Å². The Hall–Kier alpha value is -2.78. The van der Waals surface area contributed by atoms with Crippen molar-refractivity contribution in [1.29, 1.82) is 0 Å². The number of amides is 1. The third kappa shape index (κ3) is 6.61. The number of carbonyl (C=O) groups excluding carboxylic acids is 1. The molecule has 1 fully saturated rings. The molecule has 10 nitrogen and oxygen atoms in total. The zero-order valence-electron chi connectivity index (χ0n) is 20.8. The molecule has 184 valence electrons. The Balaban J connectivity index is 1.53. The van der Waals surface area contributed by atoms with Gasteiger partial charge in [0.05, 0.1) is 13.2 Å². The number of likely N-dealkylation sites (tertiary alicyclic amines) is 1. The van der Waals surface area contributed by atoms with Crippen molar-refractivity contribution in [3.63, 3.8) is 0 Å². The molecule has 2 N–H and O–H groups in total. The van der Waals surface area contributed by atoms with Crippen LogP contribution >= 0.6 is 0 Å². The highest BCUT2D eigenvalue weighted by molar-refractivity contribution is 5.83. The summed E-state index contributed by atoms with van der Waals surface area (Å²) in [5.41, 5.74) is 6.79. The maximum absolute atomic E-state index is 12.2. The second-order valence-corrected chi connectivity index (χ2v) is 9.89. The minimum Gasteiger partial charge on any atom is -0.468 e. The average Bonchev–Trinajstić information content (AvgIpc) is 3.08. The lowest BCUT2D eigenvalue weighted by molar-refractivity contribution is 0.0180. The molecule has 0 aliphatic carbocycles. The van der Waals surface area contributed by atoms with E-state index in [1.807, 2.05) is 44.1 Å². The molecule has 1 amide bonds. The molecular weight excluding hydrogens is 424 g/mol. The average molecular weight is 463 g/mol. The van der Waals surface area contributed by atoms with E-state index >= 15 is 0 Å². The summed E-state index contributed by atoms with van der Waals surface area (Å²) in [5, 5.41) is 0. The van der Waals surface area contributed by atoms with Gasteiger partial charge in [0.2, 0.25) is 0 Å². The van der Waals surface area contributed by atoms with Crippen LogP contribution in [0.1, 0.15) is 66.7 Å². The van der Waals surface area contributed by atoms with Gasteiger partial charge < -0.3 is 24.8 Å². The van der Waals surface area contributed by atoms with E-state index in [0.29, 0.717) is 29.6 Å². The van der Waals surface area contributed by atoms with E-state index < -0.39 is 5.60 Å². The van der Waals surface area contributed by atoms with E-state index in [1.54, 1.807) is 7.11 Å². The number of carbonyl (C=O) groups is 1. The lowest BCUT2D eigenvalue weighted by atomic mass is 9.92. The summed E-state index contributed by atoms with van der Waals surface area (Å²) < 4.78 is 18.5. The number of nitrogens with two attached hydrogens (primary N) is 1. The van der Waals surface area contributed by atoms with E-state index in [-0.39, 0.29) is 24.0 Å². The van der Waals surface area contributed by atoms with Gasteiger partial charge in [-0.1, -0.05) is 12.8 Å². The number of hydrogen-bond donors (Lipinski definition) is 1. The van der Waals surface area contributed by atoms with E-state index in [2.05, 4.69) is 15.0 Å². The Kier molecular flexibility index (Phi) is 7.86. The predicted octanol–water partition coefficient (Wildman–Crippen LogP) is 4.02. The van der Waals surface area contributed by atoms with Crippen LogP contribution in [0.5, 0.6) is 12.0 Å². The van der Waals surface area contributed by atoms with Crippen molar-refractivity contribution in [2.75, 3.05) is 25.9 Å². The molecular formula is C23H38N6O4. The van der Waals surface area contributed by atoms with Crippen molar-refractivity contribution in [2.24, 2.45) is 5.92 Å². The van der Waals surface area contributed by atoms with Gasteiger partial charge >= 0.3 is 12.1 Å². The number of rotatable bonds is 8. The highest BCUT2D eigenvalue weighted by atomic mass is 16.6. The number of fused-ring (bicyclic) bond motifs is 1. The standard InChI is InChI=1S/C23H38N6O4/c1-15(2)32-20-26-18(24)17-19(27-20)29(21(25-17)31-6)12-8-7-9-16-10-13-28(14-11-16)22(30)33-23(3,4)5/h15-16H,7-14H2,1-6H3,(H2,24,26,27). The fraction of sp³-hybridized carbons (Fsp3) is 0.739. The van der Waals surface area contributed by atoms with Gasteiger partial charge in [-0.15, -0.1) is 0 Å². The molecule has 0 unspecified atom stereocenters. The molecule has 2 aromatic heterocycles. The number of methoxy groups -OCH3 is 1. The molecule has 3 heterocycles. The van der Waals surface area contributed by atoms with Gasteiger partial charge in [0.1, 0.15) is 5.60 Å². The lowest BCUT2D eigenvalue weighted by Gasteiger charge is -2.33. The molecule has 2 aromatic rings. The van der Waals surface area contributed by atoms with Gasteiger partial charge in [0.15, 0.2) is 17.0 Å². The van der Waals surface area contributed by atoms with Gasteiger partial charge in [-0.05, 0) is 59.8 Å². The SMILES string of the molecule is COc1nc2c(N)nc(OC(C)C)nc2n1CCCCC1CCN(C(=O)OC(C)(C)C)CC1. The number of nitrogens with zero attached hydrogens (tertiary/aromatic N) is 5. The molecule has 10 heteroatoms. The van der Waals surface area contributed by atoms with Crippen LogP contribution < -0.4 is 15.2 Å². The number of unbranched alkanes of at least 4 members (excludes halogenated alkanes) is 1. The Labute approximate surface area is 195 Å². The smallest absolute Gasteiger partial charge is 0.410 e. The van der Waals surface area contributed by atoms with E-state index in [4.69, 9.17) is 19.9 Å². The van der Waals surface area contributed by atoms with Crippen molar-refractivity contribution in [1.82, 2.24) is 24.4 Å². The molecule has 1 aliphatic heterocycles. The fourth-order valence-electron chi connectivity index (χ4n) is 4.04. The normalized spacial score (nSPS) is 15.3. The zero-order valence-corrected chi connectivity index (χ0v) is 20.8. The van der Waals surface area contributed by atoms with Crippen molar-refractivity contribution in [2.45, 2.75) is 85.0 Å². The topological polar surface area (TPSA) is 118 Å². The summed E-state index contributed by atoms with van der Waals surface area (Å²) in [7, 11) is 1.59. The van der Waals surface area contributed by atoms with Crippen molar-refractivity contribution in [3.8, 4) is 12.0 Å². The molecule has 1 saturated heterocycles. The highest BCUT2D eigenvalue weighted by Crippen LogP contribution is 2.28. The first-order valence-corrected chi connectivity index (χ1v) is 11.8. The van der Waals surface area contributed by atoms with Gasteiger partial charge in [-0.2, -0.15) is 15.0 Å². The molecule has 0 atom stereocenters. The summed E-state index contributed by atoms with van der Waals surface area (Å²) in [4.78, 5) is 27.2. The lowest BCUT2D eigenvalue weighted by Crippen LogP contribution is -2.41.